The Morgan fingerprint density at radius 2 is 2.11 bits per heavy atom. The zero-order valence-electron chi connectivity index (χ0n) is 10.5. The highest BCUT2D eigenvalue weighted by Crippen LogP contribution is 2.15. The Hall–Kier alpha value is -1.73. The largest absolute Gasteiger partial charge is 0.463 e. The molecule has 0 amide bonds. The Bertz CT molecular complexity index is 596. The Morgan fingerprint density at radius 3 is 2.68 bits per heavy atom. The van der Waals surface area contributed by atoms with Gasteiger partial charge in [-0.05, 0) is 43.8 Å². The van der Waals surface area contributed by atoms with Gasteiger partial charge in [-0.2, -0.15) is 0 Å². The lowest BCUT2D eigenvalue weighted by atomic mass is 10.2. The van der Waals surface area contributed by atoms with Crippen molar-refractivity contribution in [2.45, 2.75) is 11.8 Å². The third-order valence-corrected chi connectivity index (χ3v) is 3.56. The smallest absolute Gasteiger partial charge is 0.330 e. The summed E-state index contributed by atoms with van der Waals surface area (Å²) in [5.74, 6) is -1.29. The van der Waals surface area contributed by atoms with E-state index in [1.807, 2.05) is 0 Å². The number of halogens is 1. The molecule has 19 heavy (non-hydrogen) atoms. The van der Waals surface area contributed by atoms with Crippen LogP contribution in [0.25, 0.3) is 6.08 Å². The third kappa shape index (κ3) is 4.46. The maximum Gasteiger partial charge on any atom is 0.330 e. The zero-order valence-corrected chi connectivity index (χ0v) is 11.3. The summed E-state index contributed by atoms with van der Waals surface area (Å²) in [6.45, 7) is 1.89. The first-order chi connectivity index (χ1) is 8.89. The van der Waals surface area contributed by atoms with E-state index >= 15 is 0 Å². The van der Waals surface area contributed by atoms with Crippen LogP contribution in [0.3, 0.4) is 0 Å². The van der Waals surface area contributed by atoms with Gasteiger partial charge in [-0.3, -0.25) is 0 Å². The molecule has 0 aromatic heterocycles. The average Bonchev–Trinajstić information content (AvgIpc) is 2.36. The van der Waals surface area contributed by atoms with Crippen LogP contribution in [-0.2, 0) is 19.6 Å². The molecule has 1 rings (SSSR count). The van der Waals surface area contributed by atoms with Gasteiger partial charge in [0.2, 0.25) is 10.0 Å². The van der Waals surface area contributed by atoms with Gasteiger partial charge in [0.25, 0.3) is 0 Å². The van der Waals surface area contributed by atoms with E-state index in [4.69, 9.17) is 0 Å². The molecule has 0 aliphatic rings. The van der Waals surface area contributed by atoms with Crippen molar-refractivity contribution in [3.63, 3.8) is 0 Å². The molecule has 0 aliphatic carbocycles. The Morgan fingerprint density at radius 1 is 1.42 bits per heavy atom. The molecule has 5 nitrogen and oxygen atoms in total. The van der Waals surface area contributed by atoms with E-state index in [0.717, 1.165) is 18.2 Å². The minimum absolute atomic E-state index is 0.210. The van der Waals surface area contributed by atoms with Crippen LogP contribution in [0.15, 0.2) is 29.2 Å². The highest BCUT2D eigenvalue weighted by Gasteiger charge is 2.13. The second-order valence-electron chi connectivity index (χ2n) is 3.51. The molecule has 0 spiro atoms. The lowest BCUT2D eigenvalue weighted by Gasteiger charge is -2.04. The molecule has 0 bridgehead atoms. The second-order valence-corrected chi connectivity index (χ2v) is 5.40. The van der Waals surface area contributed by atoms with Gasteiger partial charge in [-0.25, -0.2) is 22.3 Å². The molecule has 0 radical (unpaired) electrons. The molecule has 1 aromatic carbocycles. The van der Waals surface area contributed by atoms with Gasteiger partial charge >= 0.3 is 5.97 Å². The summed E-state index contributed by atoms with van der Waals surface area (Å²) in [7, 11) is -2.50. The first kappa shape index (κ1) is 15.3. The lowest BCUT2D eigenvalue weighted by molar-refractivity contribution is -0.137. The molecule has 7 heteroatoms. The van der Waals surface area contributed by atoms with E-state index in [1.54, 1.807) is 6.92 Å². The van der Waals surface area contributed by atoms with E-state index in [0.29, 0.717) is 0 Å². The van der Waals surface area contributed by atoms with Crippen molar-refractivity contribution in [1.82, 2.24) is 4.72 Å². The number of esters is 1. The summed E-state index contributed by atoms with van der Waals surface area (Å²) in [5, 5.41) is 0. The third-order valence-electron chi connectivity index (χ3n) is 2.17. The maximum absolute atomic E-state index is 13.3. The second kappa shape index (κ2) is 6.44. The summed E-state index contributed by atoms with van der Waals surface area (Å²) < 4.78 is 43.2. The summed E-state index contributed by atoms with van der Waals surface area (Å²) >= 11 is 0. The molecular formula is C12H14FNO4S. The lowest BCUT2D eigenvalue weighted by Crippen LogP contribution is -2.18. The van der Waals surface area contributed by atoms with Gasteiger partial charge in [0.15, 0.2) is 0 Å². The predicted octanol–water partition coefficient (Wildman–Crippen LogP) is 1.31. The van der Waals surface area contributed by atoms with Crippen LogP contribution < -0.4 is 4.72 Å². The number of sulfonamides is 1. The van der Waals surface area contributed by atoms with Crippen LogP contribution in [0.4, 0.5) is 4.39 Å². The minimum atomic E-state index is -3.73. The van der Waals surface area contributed by atoms with Gasteiger partial charge < -0.3 is 4.74 Å². The number of hydrogen-bond acceptors (Lipinski definition) is 4. The van der Waals surface area contributed by atoms with Crippen LogP contribution in [0.2, 0.25) is 0 Å². The van der Waals surface area contributed by atoms with Gasteiger partial charge in [0, 0.05) is 6.08 Å². The molecule has 0 unspecified atom stereocenters. The monoisotopic (exact) mass is 287 g/mol. The minimum Gasteiger partial charge on any atom is -0.463 e. The predicted molar refractivity (Wildman–Crippen MR) is 68.3 cm³/mol. The van der Waals surface area contributed by atoms with Crippen LogP contribution in [-0.4, -0.2) is 28.0 Å². The number of rotatable bonds is 5. The number of benzene rings is 1. The van der Waals surface area contributed by atoms with Gasteiger partial charge in [-0.15, -0.1) is 0 Å². The van der Waals surface area contributed by atoms with Gasteiger partial charge in [-0.1, -0.05) is 0 Å². The van der Waals surface area contributed by atoms with E-state index in [9.17, 15) is 17.6 Å². The standard InChI is InChI=1S/C12H14FNO4S/c1-3-18-12(15)5-4-9-6-10(13)8-11(7-9)19(16,17)14-2/h4-8,14H,3H2,1-2H3. The van der Waals surface area contributed by atoms with Crippen molar-refractivity contribution in [2.75, 3.05) is 13.7 Å². The van der Waals surface area contributed by atoms with E-state index in [2.05, 4.69) is 9.46 Å². The quantitative estimate of drug-likeness (QED) is 0.654. The van der Waals surface area contributed by atoms with Crippen molar-refractivity contribution in [2.24, 2.45) is 0 Å². The van der Waals surface area contributed by atoms with Crippen molar-refractivity contribution >= 4 is 22.1 Å². The summed E-state index contributed by atoms with van der Waals surface area (Å²) in [6, 6.07) is 3.27. The highest BCUT2D eigenvalue weighted by atomic mass is 32.2. The number of hydrogen-bond donors (Lipinski definition) is 1. The van der Waals surface area contributed by atoms with Crippen LogP contribution in [0, 0.1) is 5.82 Å². The molecule has 0 heterocycles. The van der Waals surface area contributed by atoms with Gasteiger partial charge in [0.05, 0.1) is 11.5 Å². The zero-order chi connectivity index (χ0) is 14.5. The van der Waals surface area contributed by atoms with E-state index < -0.39 is 21.8 Å². The fraction of sp³-hybridized carbons (Fsp3) is 0.250. The Balaban J connectivity index is 3.08. The number of carbonyl (C=O) groups is 1. The van der Waals surface area contributed by atoms with Crippen molar-refractivity contribution in [1.29, 1.82) is 0 Å². The van der Waals surface area contributed by atoms with Crippen molar-refractivity contribution in [3.8, 4) is 0 Å². The molecule has 0 aliphatic heterocycles. The Labute approximate surface area is 111 Å². The number of nitrogens with one attached hydrogen (secondary N) is 1. The number of ether oxygens (including phenoxy) is 1. The molecule has 0 saturated carbocycles. The highest BCUT2D eigenvalue weighted by molar-refractivity contribution is 7.89. The summed E-state index contributed by atoms with van der Waals surface area (Å²) in [6.07, 6.45) is 2.39. The number of carbonyl (C=O) groups excluding carboxylic acids is 1. The molecule has 104 valence electrons. The fourth-order valence-corrected chi connectivity index (χ4v) is 2.10. The van der Waals surface area contributed by atoms with E-state index in [-0.39, 0.29) is 17.1 Å². The van der Waals surface area contributed by atoms with E-state index in [1.165, 1.54) is 19.2 Å². The van der Waals surface area contributed by atoms with Crippen LogP contribution in [0.5, 0.6) is 0 Å². The molecular weight excluding hydrogens is 273 g/mol. The van der Waals surface area contributed by atoms with Crippen molar-refractivity contribution in [3.05, 3.63) is 35.7 Å². The average molecular weight is 287 g/mol. The maximum atomic E-state index is 13.3. The first-order valence-corrected chi connectivity index (χ1v) is 6.96. The van der Waals surface area contributed by atoms with Crippen LogP contribution >= 0.6 is 0 Å². The molecule has 0 atom stereocenters. The Kier molecular flexibility index (Phi) is 5.20. The molecule has 0 saturated heterocycles. The fourth-order valence-electron chi connectivity index (χ4n) is 1.31. The summed E-state index contributed by atoms with van der Waals surface area (Å²) in [4.78, 5) is 10.9. The molecule has 0 fully saturated rings. The van der Waals surface area contributed by atoms with Crippen LogP contribution in [0.1, 0.15) is 12.5 Å². The SMILES string of the molecule is CCOC(=O)C=Cc1cc(F)cc(S(=O)(=O)NC)c1. The molecule has 1 N–H and O–H groups in total. The van der Waals surface area contributed by atoms with Gasteiger partial charge in [0.1, 0.15) is 5.82 Å². The molecule has 1 aromatic rings. The topological polar surface area (TPSA) is 72.5 Å². The first-order valence-electron chi connectivity index (χ1n) is 5.48. The summed E-state index contributed by atoms with van der Waals surface area (Å²) in [5.41, 5.74) is 0.252. The van der Waals surface area contributed by atoms with Crippen molar-refractivity contribution < 1.29 is 22.3 Å². The normalized spacial score (nSPS) is 11.7.